The van der Waals surface area contributed by atoms with Gasteiger partial charge in [0.25, 0.3) is 5.91 Å². The number of carbonyl (C=O) groups is 2. The fourth-order valence-electron chi connectivity index (χ4n) is 2.57. The van der Waals surface area contributed by atoms with Gasteiger partial charge in [-0.15, -0.1) is 0 Å². The topological polar surface area (TPSA) is 83.1 Å². The second-order valence-electron chi connectivity index (χ2n) is 5.91. The van der Waals surface area contributed by atoms with Crippen LogP contribution in [0.15, 0.2) is 36.4 Å². The van der Waals surface area contributed by atoms with Crippen LogP contribution in [0.25, 0.3) is 0 Å². The molecule has 7 heteroatoms. The van der Waals surface area contributed by atoms with Crippen molar-refractivity contribution in [1.29, 1.82) is 0 Å². The molecule has 0 spiro atoms. The maximum absolute atomic E-state index is 12.3. The normalized spacial score (nSPS) is 10.1. The Balaban J connectivity index is 1.92. The summed E-state index contributed by atoms with van der Waals surface area (Å²) in [4.78, 5) is 24.3. The third-order valence-corrected chi connectivity index (χ3v) is 4.06. The van der Waals surface area contributed by atoms with Crippen LogP contribution >= 0.6 is 0 Å². The molecule has 2 rings (SSSR count). The number of methoxy groups -OCH3 is 2. The number of aryl methyl sites for hydroxylation is 1. The third kappa shape index (κ3) is 5.39. The highest BCUT2D eigenvalue weighted by molar-refractivity contribution is 5.98. The van der Waals surface area contributed by atoms with Crippen molar-refractivity contribution in [2.24, 2.45) is 0 Å². The first-order valence-electron chi connectivity index (χ1n) is 8.87. The van der Waals surface area contributed by atoms with Gasteiger partial charge in [0.15, 0.2) is 11.5 Å². The molecule has 0 atom stereocenters. The number of hydrogen-bond acceptors (Lipinski definition) is 6. The van der Waals surface area contributed by atoms with Gasteiger partial charge in [-0.2, -0.15) is 0 Å². The highest BCUT2D eigenvalue weighted by atomic mass is 16.5. The number of esters is 1. The SMILES string of the molecule is CCOc1ccccc1C(=O)NCC(=O)OCc1cc(OC)c(OC)cc1C. The lowest BCUT2D eigenvalue weighted by molar-refractivity contribution is -0.143. The summed E-state index contributed by atoms with van der Waals surface area (Å²) in [7, 11) is 3.10. The van der Waals surface area contributed by atoms with Crippen molar-refractivity contribution in [3.63, 3.8) is 0 Å². The van der Waals surface area contributed by atoms with Crippen LogP contribution in [0.5, 0.6) is 17.2 Å². The molecule has 150 valence electrons. The van der Waals surface area contributed by atoms with E-state index in [2.05, 4.69) is 5.32 Å². The standard InChI is InChI=1S/C21H25NO6/c1-5-27-17-9-7-6-8-16(17)21(24)22-12-20(23)28-13-15-11-19(26-4)18(25-3)10-14(15)2/h6-11H,5,12-13H2,1-4H3,(H,22,24). The predicted molar refractivity (Wildman–Crippen MR) is 104 cm³/mol. The molecular weight excluding hydrogens is 362 g/mol. The minimum atomic E-state index is -0.545. The zero-order valence-electron chi connectivity index (χ0n) is 16.5. The summed E-state index contributed by atoms with van der Waals surface area (Å²) in [5.74, 6) is 0.687. The average Bonchev–Trinajstić information content (AvgIpc) is 2.71. The Kier molecular flexibility index (Phi) is 7.68. The van der Waals surface area contributed by atoms with Gasteiger partial charge >= 0.3 is 5.97 Å². The lowest BCUT2D eigenvalue weighted by atomic mass is 10.1. The van der Waals surface area contributed by atoms with Crippen LogP contribution in [0.4, 0.5) is 0 Å². The third-order valence-electron chi connectivity index (χ3n) is 4.06. The van der Waals surface area contributed by atoms with Crippen molar-refractivity contribution >= 4 is 11.9 Å². The summed E-state index contributed by atoms with van der Waals surface area (Å²) in [5.41, 5.74) is 2.06. The van der Waals surface area contributed by atoms with Crippen LogP contribution in [-0.2, 0) is 16.1 Å². The van der Waals surface area contributed by atoms with E-state index < -0.39 is 11.9 Å². The van der Waals surface area contributed by atoms with Gasteiger partial charge in [0.1, 0.15) is 18.9 Å². The highest BCUT2D eigenvalue weighted by Gasteiger charge is 2.14. The van der Waals surface area contributed by atoms with Gasteiger partial charge in [-0.25, -0.2) is 0 Å². The van der Waals surface area contributed by atoms with Gasteiger partial charge in [0, 0.05) is 0 Å². The van der Waals surface area contributed by atoms with Gasteiger partial charge < -0.3 is 24.3 Å². The molecule has 1 N–H and O–H groups in total. The molecule has 0 aromatic heterocycles. The number of carbonyl (C=O) groups excluding carboxylic acids is 2. The summed E-state index contributed by atoms with van der Waals surface area (Å²) in [6.07, 6.45) is 0. The summed E-state index contributed by atoms with van der Waals surface area (Å²) >= 11 is 0. The van der Waals surface area contributed by atoms with Gasteiger partial charge in [-0.05, 0) is 49.2 Å². The molecule has 7 nitrogen and oxygen atoms in total. The van der Waals surface area contributed by atoms with E-state index in [9.17, 15) is 9.59 Å². The molecule has 0 heterocycles. The number of amides is 1. The number of nitrogens with one attached hydrogen (secondary N) is 1. The number of para-hydroxylation sites is 1. The van der Waals surface area contributed by atoms with E-state index in [0.29, 0.717) is 29.4 Å². The van der Waals surface area contributed by atoms with Crippen LogP contribution in [0.1, 0.15) is 28.4 Å². The predicted octanol–water partition coefficient (Wildman–Crippen LogP) is 2.88. The van der Waals surface area contributed by atoms with E-state index >= 15 is 0 Å². The van der Waals surface area contributed by atoms with Crippen LogP contribution in [-0.4, -0.2) is 39.2 Å². The molecule has 1 amide bonds. The van der Waals surface area contributed by atoms with E-state index in [0.717, 1.165) is 11.1 Å². The molecule has 0 aliphatic carbocycles. The zero-order chi connectivity index (χ0) is 20.5. The molecule has 0 fully saturated rings. The highest BCUT2D eigenvalue weighted by Crippen LogP contribution is 2.30. The lowest BCUT2D eigenvalue weighted by Crippen LogP contribution is -2.30. The van der Waals surface area contributed by atoms with Crippen molar-refractivity contribution in [3.8, 4) is 17.2 Å². The molecule has 28 heavy (non-hydrogen) atoms. The summed E-state index contributed by atoms with van der Waals surface area (Å²) < 4.78 is 21.2. The van der Waals surface area contributed by atoms with Crippen molar-refractivity contribution in [2.45, 2.75) is 20.5 Å². The Hall–Kier alpha value is -3.22. The van der Waals surface area contributed by atoms with Crippen molar-refractivity contribution in [2.75, 3.05) is 27.4 Å². The van der Waals surface area contributed by atoms with Crippen molar-refractivity contribution < 1.29 is 28.5 Å². The number of ether oxygens (including phenoxy) is 4. The maximum Gasteiger partial charge on any atom is 0.325 e. The second kappa shape index (κ2) is 10.2. The quantitative estimate of drug-likeness (QED) is 0.666. The molecular formula is C21H25NO6. The fraction of sp³-hybridized carbons (Fsp3) is 0.333. The molecule has 0 bridgehead atoms. The minimum absolute atomic E-state index is 0.0659. The molecule has 0 radical (unpaired) electrons. The Bertz CT molecular complexity index is 834. The summed E-state index contributed by atoms with van der Waals surface area (Å²) in [6, 6.07) is 10.4. The average molecular weight is 387 g/mol. The molecule has 0 saturated carbocycles. The maximum atomic E-state index is 12.3. The monoisotopic (exact) mass is 387 g/mol. The van der Waals surface area contributed by atoms with Crippen LogP contribution < -0.4 is 19.5 Å². The molecule has 0 unspecified atom stereocenters. The lowest BCUT2D eigenvalue weighted by Gasteiger charge is -2.13. The number of hydrogen-bond donors (Lipinski definition) is 1. The Morgan fingerprint density at radius 1 is 1.00 bits per heavy atom. The second-order valence-corrected chi connectivity index (χ2v) is 5.91. The number of rotatable bonds is 9. The van der Waals surface area contributed by atoms with E-state index in [1.54, 1.807) is 44.6 Å². The molecule has 2 aromatic carbocycles. The van der Waals surface area contributed by atoms with Crippen LogP contribution in [0.2, 0.25) is 0 Å². The van der Waals surface area contributed by atoms with Crippen molar-refractivity contribution in [3.05, 3.63) is 53.1 Å². The Morgan fingerprint density at radius 3 is 2.36 bits per heavy atom. The first-order valence-corrected chi connectivity index (χ1v) is 8.87. The molecule has 0 saturated heterocycles. The fourth-order valence-corrected chi connectivity index (χ4v) is 2.57. The van der Waals surface area contributed by atoms with Crippen molar-refractivity contribution in [1.82, 2.24) is 5.32 Å². The van der Waals surface area contributed by atoms with Gasteiger partial charge in [0.2, 0.25) is 0 Å². The van der Waals surface area contributed by atoms with Crippen LogP contribution in [0, 0.1) is 6.92 Å². The largest absolute Gasteiger partial charge is 0.493 e. The molecule has 2 aromatic rings. The number of benzene rings is 2. The van der Waals surface area contributed by atoms with E-state index in [1.165, 1.54) is 0 Å². The minimum Gasteiger partial charge on any atom is -0.493 e. The Morgan fingerprint density at radius 2 is 1.68 bits per heavy atom. The van der Waals surface area contributed by atoms with Gasteiger partial charge in [0.05, 0.1) is 26.4 Å². The summed E-state index contributed by atoms with van der Waals surface area (Å²) in [6.45, 7) is 3.98. The van der Waals surface area contributed by atoms with E-state index in [1.807, 2.05) is 19.9 Å². The Labute approximate surface area is 164 Å². The first kappa shape index (κ1) is 21.1. The molecule has 0 aliphatic rings. The van der Waals surface area contributed by atoms with E-state index in [-0.39, 0.29) is 13.2 Å². The van der Waals surface area contributed by atoms with Gasteiger partial charge in [-0.1, -0.05) is 12.1 Å². The molecule has 0 aliphatic heterocycles. The summed E-state index contributed by atoms with van der Waals surface area (Å²) in [5, 5.41) is 2.55. The smallest absolute Gasteiger partial charge is 0.325 e. The van der Waals surface area contributed by atoms with E-state index in [4.69, 9.17) is 18.9 Å². The zero-order valence-corrected chi connectivity index (χ0v) is 16.5. The first-order chi connectivity index (χ1) is 13.5. The van der Waals surface area contributed by atoms with Crippen LogP contribution in [0.3, 0.4) is 0 Å². The van der Waals surface area contributed by atoms with Gasteiger partial charge in [-0.3, -0.25) is 9.59 Å².